The second-order valence-electron chi connectivity index (χ2n) is 8.05. The average molecular weight is 482 g/mol. The third-order valence-electron chi connectivity index (χ3n) is 5.70. The van der Waals surface area contributed by atoms with Crippen molar-refractivity contribution in [3.8, 4) is 11.1 Å². The van der Waals surface area contributed by atoms with Gasteiger partial charge in [0, 0.05) is 17.2 Å². The van der Waals surface area contributed by atoms with Crippen molar-refractivity contribution in [2.75, 3.05) is 16.2 Å². The Morgan fingerprint density at radius 3 is 2.47 bits per heavy atom. The number of sulfonamides is 1. The lowest BCUT2D eigenvalue weighted by Gasteiger charge is -2.31. The van der Waals surface area contributed by atoms with Crippen LogP contribution in [0.25, 0.3) is 11.1 Å². The van der Waals surface area contributed by atoms with E-state index in [9.17, 15) is 22.4 Å². The molecule has 1 aliphatic rings. The summed E-state index contributed by atoms with van der Waals surface area (Å²) in [4.78, 5) is 25.6. The Kier molecular flexibility index (Phi) is 6.39. The molecule has 0 saturated carbocycles. The van der Waals surface area contributed by atoms with Crippen LogP contribution >= 0.6 is 0 Å². The lowest BCUT2D eigenvalue weighted by atomic mass is 10.0. The van der Waals surface area contributed by atoms with Gasteiger partial charge in [-0.2, -0.15) is 0 Å². The third kappa shape index (κ3) is 4.38. The molecule has 3 aromatic carbocycles. The van der Waals surface area contributed by atoms with E-state index in [1.165, 1.54) is 18.2 Å². The highest BCUT2D eigenvalue weighted by molar-refractivity contribution is 7.93. The van der Waals surface area contributed by atoms with E-state index in [4.69, 9.17) is 0 Å². The Labute approximate surface area is 197 Å². The number of nitrogens with one attached hydrogen (secondary N) is 2. The van der Waals surface area contributed by atoms with Gasteiger partial charge in [-0.3, -0.25) is 13.9 Å². The predicted octanol–water partition coefficient (Wildman–Crippen LogP) is 4.17. The van der Waals surface area contributed by atoms with E-state index < -0.39 is 28.3 Å². The van der Waals surface area contributed by atoms with Gasteiger partial charge in [-0.15, -0.1) is 0 Å². The van der Waals surface area contributed by atoms with Crippen LogP contribution in [0.2, 0.25) is 0 Å². The number of carbonyl (C=O) groups excluding carboxylic acids is 2. The summed E-state index contributed by atoms with van der Waals surface area (Å²) < 4.78 is 41.7. The molecule has 0 fully saturated rings. The van der Waals surface area contributed by atoms with Gasteiger partial charge in [-0.1, -0.05) is 37.3 Å². The number of hydrogen-bond donors (Lipinski definition) is 2. The quantitative estimate of drug-likeness (QED) is 0.553. The van der Waals surface area contributed by atoms with E-state index in [1.807, 2.05) is 13.8 Å². The molecule has 0 aliphatic carbocycles. The van der Waals surface area contributed by atoms with Gasteiger partial charge in [-0.25, -0.2) is 12.8 Å². The summed E-state index contributed by atoms with van der Waals surface area (Å²) in [6.45, 7) is 3.27. The molecule has 1 heterocycles. The number of amides is 2. The van der Waals surface area contributed by atoms with Gasteiger partial charge in [0.05, 0.1) is 21.8 Å². The van der Waals surface area contributed by atoms with Gasteiger partial charge in [0.25, 0.3) is 15.9 Å². The van der Waals surface area contributed by atoms with Crippen LogP contribution in [0.1, 0.15) is 30.6 Å². The van der Waals surface area contributed by atoms with Gasteiger partial charge in [-0.05, 0) is 49.7 Å². The van der Waals surface area contributed by atoms with Crippen molar-refractivity contribution in [1.29, 1.82) is 0 Å². The molecule has 7 nitrogen and oxygen atoms in total. The fourth-order valence-corrected chi connectivity index (χ4v) is 5.44. The number of nitrogens with zero attached hydrogens (tertiary/aromatic N) is 1. The minimum absolute atomic E-state index is 0.00534. The Bertz CT molecular complexity index is 1370. The third-order valence-corrected chi connectivity index (χ3v) is 7.51. The van der Waals surface area contributed by atoms with Crippen LogP contribution in [0.3, 0.4) is 0 Å². The number of anilines is 2. The molecule has 1 atom stereocenters. The summed E-state index contributed by atoms with van der Waals surface area (Å²) in [5.41, 5.74) is 1.50. The van der Waals surface area contributed by atoms with Crippen LogP contribution in [-0.4, -0.2) is 32.8 Å². The van der Waals surface area contributed by atoms with Crippen LogP contribution < -0.4 is 14.9 Å². The minimum Gasteiger partial charge on any atom is -0.350 e. The molecule has 0 spiro atoms. The lowest BCUT2D eigenvalue weighted by Crippen LogP contribution is -2.40. The maximum absolute atomic E-state index is 14.0. The second-order valence-corrected chi connectivity index (χ2v) is 9.88. The maximum atomic E-state index is 14.0. The van der Waals surface area contributed by atoms with Crippen LogP contribution in [0.5, 0.6) is 0 Å². The molecule has 176 valence electrons. The smallest absolute Gasteiger partial charge is 0.265 e. The molecule has 4 rings (SSSR count). The van der Waals surface area contributed by atoms with Gasteiger partial charge in [0.2, 0.25) is 5.91 Å². The zero-order valence-corrected chi connectivity index (χ0v) is 19.5. The van der Waals surface area contributed by atoms with Crippen LogP contribution in [0.4, 0.5) is 15.8 Å². The first kappa shape index (κ1) is 23.4. The first-order chi connectivity index (χ1) is 16.2. The Morgan fingerprint density at radius 1 is 1.00 bits per heavy atom. The molecule has 0 aromatic heterocycles. The zero-order valence-electron chi connectivity index (χ0n) is 18.7. The summed E-state index contributed by atoms with van der Waals surface area (Å²) in [7, 11) is -4.07. The molecule has 0 bridgehead atoms. The van der Waals surface area contributed by atoms with Crippen LogP contribution in [-0.2, 0) is 14.8 Å². The summed E-state index contributed by atoms with van der Waals surface area (Å²) in [6.07, 6.45) is 0.745. The number of hydrogen-bond acceptors (Lipinski definition) is 4. The van der Waals surface area contributed by atoms with E-state index in [0.29, 0.717) is 11.1 Å². The van der Waals surface area contributed by atoms with E-state index >= 15 is 0 Å². The fraction of sp³-hybridized carbons (Fsp3) is 0.200. The Balaban J connectivity index is 1.65. The number of rotatable bonds is 6. The minimum atomic E-state index is -4.07. The Morgan fingerprint density at radius 2 is 1.71 bits per heavy atom. The number of benzene rings is 3. The maximum Gasteiger partial charge on any atom is 0.265 e. The predicted molar refractivity (Wildman–Crippen MR) is 129 cm³/mol. The van der Waals surface area contributed by atoms with E-state index in [0.717, 1.165) is 16.8 Å². The SMILES string of the molecule is CCC(C)NC(=O)c1ccccc1NC(=O)CN1c2ccc(F)cc2-c2ccccc2S1(=O)=O. The van der Waals surface area contributed by atoms with Crippen LogP contribution in [0.15, 0.2) is 71.6 Å². The molecule has 1 unspecified atom stereocenters. The number of para-hydroxylation sites is 1. The van der Waals surface area contributed by atoms with Gasteiger partial charge in [0.15, 0.2) is 0 Å². The largest absolute Gasteiger partial charge is 0.350 e. The molecule has 2 amide bonds. The summed E-state index contributed by atoms with van der Waals surface area (Å²) in [5, 5.41) is 5.51. The average Bonchev–Trinajstić information content (AvgIpc) is 2.82. The van der Waals surface area contributed by atoms with E-state index in [1.54, 1.807) is 42.5 Å². The van der Waals surface area contributed by atoms with Crippen molar-refractivity contribution in [3.63, 3.8) is 0 Å². The monoisotopic (exact) mass is 481 g/mol. The van der Waals surface area contributed by atoms with Crippen molar-refractivity contribution in [3.05, 3.63) is 78.1 Å². The molecule has 2 N–H and O–H groups in total. The first-order valence-corrected chi connectivity index (χ1v) is 12.3. The molecule has 0 saturated heterocycles. The number of halogens is 1. The highest BCUT2D eigenvalue weighted by Crippen LogP contribution is 2.43. The molecule has 34 heavy (non-hydrogen) atoms. The van der Waals surface area contributed by atoms with Gasteiger partial charge >= 0.3 is 0 Å². The molecule has 9 heteroatoms. The topological polar surface area (TPSA) is 95.6 Å². The summed E-state index contributed by atoms with van der Waals surface area (Å²) in [6, 6.07) is 16.5. The first-order valence-electron chi connectivity index (χ1n) is 10.8. The van der Waals surface area contributed by atoms with E-state index in [-0.39, 0.29) is 33.8 Å². The molecule has 3 aromatic rings. The highest BCUT2D eigenvalue weighted by atomic mass is 32.2. The zero-order chi connectivity index (χ0) is 24.5. The molecular weight excluding hydrogens is 457 g/mol. The van der Waals surface area contributed by atoms with Crippen molar-refractivity contribution < 1.29 is 22.4 Å². The van der Waals surface area contributed by atoms with Crippen molar-refractivity contribution in [1.82, 2.24) is 5.32 Å². The van der Waals surface area contributed by atoms with Crippen molar-refractivity contribution in [2.24, 2.45) is 0 Å². The lowest BCUT2D eigenvalue weighted by molar-refractivity contribution is -0.114. The van der Waals surface area contributed by atoms with Crippen LogP contribution in [0, 0.1) is 5.82 Å². The summed E-state index contributed by atoms with van der Waals surface area (Å²) >= 11 is 0. The second kappa shape index (κ2) is 9.26. The number of carbonyl (C=O) groups is 2. The molecule has 0 radical (unpaired) electrons. The van der Waals surface area contributed by atoms with Gasteiger partial charge in [0.1, 0.15) is 12.4 Å². The van der Waals surface area contributed by atoms with Crippen molar-refractivity contribution in [2.45, 2.75) is 31.2 Å². The van der Waals surface area contributed by atoms with Gasteiger partial charge < -0.3 is 10.6 Å². The fourth-order valence-electron chi connectivity index (χ4n) is 3.79. The molecule has 1 aliphatic heterocycles. The summed E-state index contributed by atoms with van der Waals surface area (Å²) in [5.74, 6) is -1.49. The number of fused-ring (bicyclic) bond motifs is 3. The van der Waals surface area contributed by atoms with Crippen molar-refractivity contribution >= 4 is 33.2 Å². The highest BCUT2D eigenvalue weighted by Gasteiger charge is 2.36. The molecular formula is C25H24FN3O4S. The normalized spacial score (nSPS) is 14.5. The standard InChI is InChI=1S/C25H24FN3O4S/c1-3-16(2)27-25(31)19-9-4-6-10-21(19)28-24(30)15-29-22-13-12-17(26)14-20(22)18-8-5-7-11-23(18)34(29,32)33/h4-14,16H,3,15H2,1-2H3,(H,27,31)(H,28,30). The Hall–Kier alpha value is -3.72. The van der Waals surface area contributed by atoms with E-state index in [2.05, 4.69) is 10.6 Å².